The quantitative estimate of drug-likeness (QED) is 0.577. The first kappa shape index (κ1) is 5.38. The third kappa shape index (κ3) is 0.862. The van der Waals surface area contributed by atoms with Gasteiger partial charge in [-0.15, -0.1) is 11.3 Å². The third-order valence-corrected chi connectivity index (χ3v) is 2.97. The van der Waals surface area contributed by atoms with Crippen molar-refractivity contribution in [3.05, 3.63) is 22.5 Å². The molecule has 1 aromatic heterocycles. The van der Waals surface area contributed by atoms with E-state index in [1.54, 1.807) is 23.3 Å². The van der Waals surface area contributed by atoms with Crippen molar-refractivity contribution < 1.29 is 0 Å². The van der Waals surface area contributed by atoms with Gasteiger partial charge in [-0.05, 0) is 29.5 Å². The topological polar surface area (TPSA) is 12.0 Å². The molecule has 0 amide bonds. The van der Waals surface area contributed by atoms with Crippen LogP contribution in [-0.2, 0) is 0 Å². The van der Waals surface area contributed by atoms with Gasteiger partial charge in [-0.3, -0.25) is 0 Å². The molecule has 9 heavy (non-hydrogen) atoms. The lowest BCUT2D eigenvalue weighted by atomic mass is 10.4. The van der Waals surface area contributed by atoms with Crippen molar-refractivity contribution in [2.75, 3.05) is 0 Å². The highest BCUT2D eigenvalue weighted by molar-refractivity contribution is 7.97. The normalized spacial score (nSPS) is 14.7. The van der Waals surface area contributed by atoms with Gasteiger partial charge >= 0.3 is 0 Å². The van der Waals surface area contributed by atoms with Crippen LogP contribution in [0, 0.1) is 0 Å². The molecule has 0 bridgehead atoms. The van der Waals surface area contributed by atoms with E-state index >= 15 is 0 Å². The minimum Gasteiger partial charge on any atom is -0.332 e. The number of fused-ring (bicyclic) bond motifs is 1. The van der Waals surface area contributed by atoms with Crippen molar-refractivity contribution in [3.8, 4) is 0 Å². The molecule has 0 saturated carbocycles. The Morgan fingerprint density at radius 3 is 3.33 bits per heavy atom. The smallest absolute Gasteiger partial charge is 0.0465 e. The molecule has 0 unspecified atom stereocenters. The fourth-order valence-electron chi connectivity index (χ4n) is 0.722. The van der Waals surface area contributed by atoms with Gasteiger partial charge in [0, 0.05) is 16.0 Å². The minimum absolute atomic E-state index is 1.34. The predicted octanol–water partition coefficient (Wildman–Crippen LogP) is 2.33. The van der Waals surface area contributed by atoms with Gasteiger partial charge in [0.15, 0.2) is 0 Å². The second-order valence-electron chi connectivity index (χ2n) is 1.70. The summed E-state index contributed by atoms with van der Waals surface area (Å²) in [5.41, 5.74) is 0. The molecule has 1 aromatic rings. The van der Waals surface area contributed by atoms with Crippen LogP contribution in [0.4, 0.5) is 0 Å². The highest BCUT2D eigenvalue weighted by Crippen LogP contribution is 2.29. The number of nitrogens with one attached hydrogen (secondary N) is 1. The summed E-state index contributed by atoms with van der Waals surface area (Å²) < 4.78 is 3.07. The molecule has 0 spiro atoms. The molecule has 2 heterocycles. The minimum atomic E-state index is 1.34. The summed E-state index contributed by atoms with van der Waals surface area (Å²) in [5, 5.41) is 2.11. The third-order valence-electron chi connectivity index (χ3n) is 1.13. The number of hydrogen-bond donors (Lipinski definition) is 1. The van der Waals surface area contributed by atoms with Gasteiger partial charge < -0.3 is 4.72 Å². The highest BCUT2D eigenvalue weighted by atomic mass is 32.2. The van der Waals surface area contributed by atoms with Gasteiger partial charge in [0.1, 0.15) is 0 Å². The zero-order chi connectivity index (χ0) is 6.10. The highest BCUT2D eigenvalue weighted by Gasteiger charge is 2.03. The summed E-state index contributed by atoms with van der Waals surface area (Å²) in [6.07, 6.45) is 4.06. The molecule has 0 atom stereocenters. The van der Waals surface area contributed by atoms with E-state index in [0.29, 0.717) is 0 Å². The summed E-state index contributed by atoms with van der Waals surface area (Å²) in [5.74, 6) is 0. The molecule has 46 valence electrons. The molecule has 1 aliphatic rings. The van der Waals surface area contributed by atoms with Crippen LogP contribution in [0.1, 0.15) is 4.88 Å². The van der Waals surface area contributed by atoms with Crippen molar-refractivity contribution in [1.82, 2.24) is 4.72 Å². The van der Waals surface area contributed by atoms with Crippen LogP contribution in [0.2, 0.25) is 0 Å². The van der Waals surface area contributed by atoms with E-state index in [9.17, 15) is 0 Å². The van der Waals surface area contributed by atoms with E-state index in [1.807, 2.05) is 6.20 Å². The molecule has 1 nitrogen and oxygen atoms in total. The van der Waals surface area contributed by atoms with Crippen molar-refractivity contribution in [1.29, 1.82) is 0 Å². The van der Waals surface area contributed by atoms with Gasteiger partial charge in [0.05, 0.1) is 0 Å². The van der Waals surface area contributed by atoms with Crippen molar-refractivity contribution >= 4 is 29.4 Å². The van der Waals surface area contributed by atoms with E-state index in [2.05, 4.69) is 22.2 Å². The van der Waals surface area contributed by atoms with Crippen molar-refractivity contribution in [2.24, 2.45) is 0 Å². The summed E-state index contributed by atoms with van der Waals surface area (Å²) in [6, 6.07) is 2.13. The average molecular weight is 155 g/mol. The van der Waals surface area contributed by atoms with Gasteiger partial charge in [-0.2, -0.15) is 0 Å². The van der Waals surface area contributed by atoms with E-state index < -0.39 is 0 Å². The van der Waals surface area contributed by atoms with Crippen LogP contribution in [-0.4, -0.2) is 0 Å². The van der Waals surface area contributed by atoms with Crippen LogP contribution >= 0.6 is 23.3 Å². The molecule has 2 rings (SSSR count). The molecular weight excluding hydrogens is 150 g/mol. The summed E-state index contributed by atoms with van der Waals surface area (Å²) >= 11 is 3.45. The Morgan fingerprint density at radius 1 is 1.44 bits per heavy atom. The fraction of sp³-hybridized carbons (Fsp3) is 0. The van der Waals surface area contributed by atoms with Crippen LogP contribution < -0.4 is 4.72 Å². The van der Waals surface area contributed by atoms with E-state index in [-0.39, 0.29) is 0 Å². The predicted molar refractivity (Wildman–Crippen MR) is 42.3 cm³/mol. The van der Waals surface area contributed by atoms with Gasteiger partial charge in [0.2, 0.25) is 0 Å². The summed E-state index contributed by atoms with van der Waals surface area (Å²) in [6.45, 7) is 0. The molecule has 0 aromatic carbocycles. The molecule has 0 aliphatic carbocycles. The molecular formula is C6H5NS2. The summed E-state index contributed by atoms with van der Waals surface area (Å²) in [7, 11) is 0. The first-order chi connectivity index (χ1) is 4.47. The van der Waals surface area contributed by atoms with Gasteiger partial charge in [-0.25, -0.2) is 0 Å². The van der Waals surface area contributed by atoms with Crippen LogP contribution in [0.25, 0.3) is 6.08 Å². The maximum Gasteiger partial charge on any atom is 0.0465 e. The fourth-order valence-corrected chi connectivity index (χ4v) is 2.33. The zero-order valence-electron chi connectivity index (χ0n) is 4.63. The maximum absolute atomic E-state index is 3.07. The Bertz CT molecular complexity index is 239. The molecule has 1 N–H and O–H groups in total. The maximum atomic E-state index is 3.07. The Morgan fingerprint density at radius 2 is 2.44 bits per heavy atom. The van der Waals surface area contributed by atoms with Crippen LogP contribution in [0.5, 0.6) is 0 Å². The van der Waals surface area contributed by atoms with Gasteiger partial charge in [-0.1, -0.05) is 0 Å². The lowest BCUT2D eigenvalue weighted by Crippen LogP contribution is -1.93. The van der Waals surface area contributed by atoms with Gasteiger partial charge in [0.25, 0.3) is 0 Å². The molecule has 0 fully saturated rings. The molecule has 1 aliphatic heterocycles. The Kier molecular flexibility index (Phi) is 1.24. The standard InChI is InChI=1S/C6H5NS2/c1-3-7-9-6-2-4-8-5(1)6/h1-4,7H. The number of hydrogen-bond acceptors (Lipinski definition) is 3. The van der Waals surface area contributed by atoms with Crippen LogP contribution in [0.3, 0.4) is 0 Å². The SMILES string of the molecule is C1=Cc2sccc2SN1. The molecule has 3 heteroatoms. The van der Waals surface area contributed by atoms with E-state index in [1.165, 1.54) is 9.77 Å². The summed E-state index contributed by atoms with van der Waals surface area (Å²) in [4.78, 5) is 2.70. The lowest BCUT2D eigenvalue weighted by molar-refractivity contribution is 1.37. The first-order valence-corrected chi connectivity index (χ1v) is 4.33. The number of rotatable bonds is 0. The molecule has 0 saturated heterocycles. The first-order valence-electron chi connectivity index (χ1n) is 2.63. The Hall–Kier alpha value is -0.410. The van der Waals surface area contributed by atoms with Crippen LogP contribution in [0.15, 0.2) is 22.5 Å². The number of thiophene rings is 1. The molecule has 0 radical (unpaired) electrons. The zero-order valence-corrected chi connectivity index (χ0v) is 6.26. The van der Waals surface area contributed by atoms with E-state index in [0.717, 1.165) is 0 Å². The monoisotopic (exact) mass is 155 g/mol. The average Bonchev–Trinajstić information content (AvgIpc) is 2.33. The van der Waals surface area contributed by atoms with E-state index in [4.69, 9.17) is 0 Å². The lowest BCUT2D eigenvalue weighted by Gasteiger charge is -2.03. The second kappa shape index (κ2) is 2.08. The van der Waals surface area contributed by atoms with Crippen molar-refractivity contribution in [3.63, 3.8) is 0 Å². The van der Waals surface area contributed by atoms with Crippen molar-refractivity contribution in [2.45, 2.75) is 4.90 Å². The Labute approximate surface area is 61.9 Å². The Balaban J connectivity index is 2.53. The largest absolute Gasteiger partial charge is 0.332 e. The second-order valence-corrected chi connectivity index (χ2v) is 3.53.